The quantitative estimate of drug-likeness (QED) is 0.779. The molecule has 90 valence electrons. The van der Waals surface area contributed by atoms with Gasteiger partial charge in [0.15, 0.2) is 0 Å². The summed E-state index contributed by atoms with van der Waals surface area (Å²) in [5, 5.41) is 0. The Kier molecular flexibility index (Phi) is 5.05. The molecule has 2 N–H and O–H groups in total. The van der Waals surface area contributed by atoms with E-state index in [1.165, 1.54) is 12.0 Å². The van der Waals surface area contributed by atoms with Crippen LogP contribution in [0.2, 0.25) is 0 Å². The minimum Gasteiger partial charge on any atom is -0.453 e. The highest BCUT2D eigenvalue weighted by Gasteiger charge is 2.08. The molecule has 1 amide bonds. The van der Waals surface area contributed by atoms with Crippen LogP contribution in [0.25, 0.3) is 0 Å². The SMILES string of the molecule is COC(=O)N(C)Cc1cccc(C#CCN)c1. The maximum atomic E-state index is 11.2. The Morgan fingerprint density at radius 1 is 1.53 bits per heavy atom. The monoisotopic (exact) mass is 232 g/mol. The van der Waals surface area contributed by atoms with Crippen LogP contribution in [0.4, 0.5) is 4.79 Å². The average Bonchev–Trinajstić information content (AvgIpc) is 2.35. The van der Waals surface area contributed by atoms with Gasteiger partial charge in [-0.1, -0.05) is 24.0 Å². The number of benzene rings is 1. The number of nitrogens with two attached hydrogens (primary N) is 1. The topological polar surface area (TPSA) is 55.6 Å². The van der Waals surface area contributed by atoms with E-state index in [4.69, 9.17) is 5.73 Å². The standard InChI is InChI=1S/C13H16N2O2/c1-15(13(16)17-2)10-12-6-3-5-11(9-12)7-4-8-14/h3,5-6,9H,8,10,14H2,1-2H3. The minimum atomic E-state index is -0.358. The Morgan fingerprint density at radius 2 is 2.29 bits per heavy atom. The third kappa shape index (κ3) is 4.17. The van der Waals surface area contributed by atoms with Gasteiger partial charge in [0.25, 0.3) is 0 Å². The summed E-state index contributed by atoms with van der Waals surface area (Å²) in [7, 11) is 3.05. The molecule has 0 bridgehead atoms. The second kappa shape index (κ2) is 6.56. The number of ether oxygens (including phenoxy) is 1. The molecule has 0 saturated heterocycles. The van der Waals surface area contributed by atoms with E-state index in [1.54, 1.807) is 7.05 Å². The zero-order chi connectivity index (χ0) is 12.7. The minimum absolute atomic E-state index is 0.340. The predicted molar refractivity (Wildman–Crippen MR) is 66.2 cm³/mol. The lowest BCUT2D eigenvalue weighted by atomic mass is 10.1. The summed E-state index contributed by atoms with van der Waals surface area (Å²) in [6.07, 6.45) is -0.358. The summed E-state index contributed by atoms with van der Waals surface area (Å²) in [5.41, 5.74) is 7.21. The molecule has 1 aromatic carbocycles. The number of rotatable bonds is 2. The number of nitrogens with zero attached hydrogens (tertiary/aromatic N) is 1. The molecule has 0 atom stereocenters. The van der Waals surface area contributed by atoms with Crippen LogP contribution >= 0.6 is 0 Å². The number of hydrogen-bond donors (Lipinski definition) is 1. The molecular formula is C13H16N2O2. The largest absolute Gasteiger partial charge is 0.453 e. The second-order valence-corrected chi connectivity index (χ2v) is 3.53. The van der Waals surface area contributed by atoms with E-state index in [0.29, 0.717) is 13.1 Å². The second-order valence-electron chi connectivity index (χ2n) is 3.53. The van der Waals surface area contributed by atoms with Crippen molar-refractivity contribution in [1.82, 2.24) is 4.90 Å². The number of carbonyl (C=O) groups excluding carboxylic acids is 1. The molecule has 1 rings (SSSR count). The number of carbonyl (C=O) groups is 1. The van der Waals surface area contributed by atoms with E-state index >= 15 is 0 Å². The van der Waals surface area contributed by atoms with Crippen LogP contribution in [-0.4, -0.2) is 31.7 Å². The summed E-state index contributed by atoms with van der Waals surface area (Å²) in [6, 6.07) is 7.68. The Bertz CT molecular complexity index is 446. The highest BCUT2D eigenvalue weighted by atomic mass is 16.5. The molecule has 1 aromatic rings. The first-order valence-electron chi connectivity index (χ1n) is 5.24. The summed E-state index contributed by atoms with van der Waals surface area (Å²) in [6.45, 7) is 0.830. The van der Waals surface area contributed by atoms with Gasteiger partial charge in [-0.05, 0) is 17.7 Å². The Morgan fingerprint density at radius 3 is 2.94 bits per heavy atom. The number of amides is 1. The third-order valence-electron chi connectivity index (χ3n) is 2.17. The van der Waals surface area contributed by atoms with Gasteiger partial charge in [0.2, 0.25) is 0 Å². The lowest BCUT2D eigenvalue weighted by Gasteiger charge is -2.15. The van der Waals surface area contributed by atoms with Gasteiger partial charge in [-0.25, -0.2) is 4.79 Å². The van der Waals surface area contributed by atoms with E-state index in [9.17, 15) is 4.79 Å². The summed E-state index contributed by atoms with van der Waals surface area (Å²) in [4.78, 5) is 12.7. The van der Waals surface area contributed by atoms with Crippen LogP contribution < -0.4 is 5.73 Å². The van der Waals surface area contributed by atoms with Crippen LogP contribution in [0.15, 0.2) is 24.3 Å². The van der Waals surface area contributed by atoms with Crippen LogP contribution in [0.5, 0.6) is 0 Å². The fraction of sp³-hybridized carbons (Fsp3) is 0.308. The van der Waals surface area contributed by atoms with Crippen LogP contribution in [0, 0.1) is 11.8 Å². The highest BCUT2D eigenvalue weighted by Crippen LogP contribution is 2.07. The van der Waals surface area contributed by atoms with Crippen LogP contribution in [0.3, 0.4) is 0 Å². The maximum absolute atomic E-state index is 11.2. The first-order valence-corrected chi connectivity index (χ1v) is 5.24. The Balaban J connectivity index is 2.75. The lowest BCUT2D eigenvalue weighted by molar-refractivity contribution is 0.131. The summed E-state index contributed by atoms with van der Waals surface area (Å²) < 4.78 is 4.62. The molecule has 0 saturated carbocycles. The number of hydrogen-bond acceptors (Lipinski definition) is 3. The zero-order valence-electron chi connectivity index (χ0n) is 10.1. The van der Waals surface area contributed by atoms with Gasteiger partial charge in [-0.15, -0.1) is 0 Å². The van der Waals surface area contributed by atoms with Crippen LogP contribution in [0.1, 0.15) is 11.1 Å². The Labute approximate surface area is 101 Å². The van der Waals surface area contributed by atoms with Crippen molar-refractivity contribution in [3.05, 3.63) is 35.4 Å². The molecule has 0 fully saturated rings. The fourth-order valence-corrected chi connectivity index (χ4v) is 1.39. The molecule has 0 aliphatic heterocycles. The van der Waals surface area contributed by atoms with Gasteiger partial charge in [0.05, 0.1) is 13.7 Å². The van der Waals surface area contributed by atoms with Crippen molar-refractivity contribution in [2.75, 3.05) is 20.7 Å². The van der Waals surface area contributed by atoms with Gasteiger partial charge >= 0.3 is 6.09 Å². The molecule has 0 unspecified atom stereocenters. The molecule has 0 aliphatic rings. The molecule has 4 heteroatoms. The van der Waals surface area contributed by atoms with Gasteiger partial charge < -0.3 is 15.4 Å². The molecule has 17 heavy (non-hydrogen) atoms. The van der Waals surface area contributed by atoms with Crippen molar-refractivity contribution in [3.8, 4) is 11.8 Å². The van der Waals surface area contributed by atoms with Gasteiger partial charge in [0, 0.05) is 19.2 Å². The van der Waals surface area contributed by atoms with Crippen molar-refractivity contribution in [3.63, 3.8) is 0 Å². The molecular weight excluding hydrogens is 216 g/mol. The average molecular weight is 232 g/mol. The van der Waals surface area contributed by atoms with Gasteiger partial charge in [-0.3, -0.25) is 0 Å². The van der Waals surface area contributed by atoms with Crippen molar-refractivity contribution in [1.29, 1.82) is 0 Å². The molecule has 4 nitrogen and oxygen atoms in total. The highest BCUT2D eigenvalue weighted by molar-refractivity contribution is 5.67. The molecule has 0 heterocycles. The van der Waals surface area contributed by atoms with E-state index in [0.717, 1.165) is 11.1 Å². The maximum Gasteiger partial charge on any atom is 0.409 e. The lowest BCUT2D eigenvalue weighted by Crippen LogP contribution is -2.25. The van der Waals surface area contributed by atoms with Crippen LogP contribution in [-0.2, 0) is 11.3 Å². The zero-order valence-corrected chi connectivity index (χ0v) is 10.1. The van der Waals surface area contributed by atoms with Crippen molar-refractivity contribution in [2.45, 2.75) is 6.54 Å². The van der Waals surface area contributed by atoms with E-state index in [2.05, 4.69) is 16.6 Å². The Hall–Kier alpha value is -1.99. The van der Waals surface area contributed by atoms with Crippen molar-refractivity contribution in [2.24, 2.45) is 5.73 Å². The molecule has 0 spiro atoms. The van der Waals surface area contributed by atoms with E-state index in [-0.39, 0.29) is 6.09 Å². The molecule has 0 aromatic heterocycles. The molecule has 0 aliphatic carbocycles. The van der Waals surface area contributed by atoms with E-state index in [1.807, 2.05) is 24.3 Å². The van der Waals surface area contributed by atoms with Crippen molar-refractivity contribution < 1.29 is 9.53 Å². The van der Waals surface area contributed by atoms with Gasteiger partial charge in [0.1, 0.15) is 0 Å². The third-order valence-corrected chi connectivity index (χ3v) is 2.17. The van der Waals surface area contributed by atoms with Gasteiger partial charge in [-0.2, -0.15) is 0 Å². The number of methoxy groups -OCH3 is 1. The first kappa shape index (κ1) is 13.1. The normalized spacial score (nSPS) is 9.12. The van der Waals surface area contributed by atoms with Crippen molar-refractivity contribution >= 4 is 6.09 Å². The smallest absolute Gasteiger partial charge is 0.409 e. The summed E-state index contributed by atoms with van der Waals surface area (Å²) in [5.74, 6) is 5.74. The predicted octanol–water partition coefficient (Wildman–Crippen LogP) is 1.20. The van der Waals surface area contributed by atoms with E-state index < -0.39 is 0 Å². The fourth-order valence-electron chi connectivity index (χ4n) is 1.39. The first-order chi connectivity index (χ1) is 8.17. The molecule has 0 radical (unpaired) electrons. The summed E-state index contributed by atoms with van der Waals surface area (Å²) >= 11 is 0.